The molecule has 0 unspecified atom stereocenters. The molecular formula is C14H17FN2O3. The number of methoxy groups -OCH3 is 1. The maximum atomic E-state index is 13.6. The van der Waals surface area contributed by atoms with E-state index in [2.05, 4.69) is 10.3 Å². The maximum absolute atomic E-state index is 13.6. The van der Waals surface area contributed by atoms with Gasteiger partial charge in [-0.25, -0.2) is 4.39 Å². The van der Waals surface area contributed by atoms with E-state index < -0.39 is 11.7 Å². The van der Waals surface area contributed by atoms with Crippen molar-refractivity contribution in [1.82, 2.24) is 10.3 Å². The lowest BCUT2D eigenvalue weighted by Crippen LogP contribution is -2.62. The Morgan fingerprint density at radius 2 is 2.50 bits per heavy atom. The molecule has 2 heterocycles. The molecule has 2 aliphatic rings. The summed E-state index contributed by atoms with van der Waals surface area (Å²) >= 11 is 0. The number of carbonyl (C=O) groups excluding carboxylic acids is 1. The molecule has 1 aromatic rings. The van der Waals surface area contributed by atoms with Gasteiger partial charge in [0.15, 0.2) is 5.82 Å². The second-order valence-corrected chi connectivity index (χ2v) is 5.26. The Morgan fingerprint density at radius 3 is 3.25 bits per heavy atom. The molecule has 1 aliphatic heterocycles. The van der Waals surface area contributed by atoms with Gasteiger partial charge in [-0.3, -0.25) is 9.78 Å². The van der Waals surface area contributed by atoms with Crippen LogP contribution in [0.3, 0.4) is 0 Å². The molecule has 1 saturated carbocycles. The predicted octanol–water partition coefficient (Wildman–Crippen LogP) is 1.00. The quantitative estimate of drug-likeness (QED) is 0.894. The summed E-state index contributed by atoms with van der Waals surface area (Å²) in [5.74, 6) is -0.557. The molecule has 0 aromatic carbocycles. The fourth-order valence-electron chi connectivity index (χ4n) is 3.22. The van der Waals surface area contributed by atoms with Crippen molar-refractivity contribution in [1.29, 1.82) is 0 Å². The minimum absolute atomic E-state index is 0.0116. The van der Waals surface area contributed by atoms with Gasteiger partial charge in [-0.15, -0.1) is 0 Å². The van der Waals surface area contributed by atoms with E-state index in [1.165, 1.54) is 12.3 Å². The second kappa shape index (κ2) is 5.46. The summed E-state index contributed by atoms with van der Waals surface area (Å²) in [6.45, 7) is 1.25. The van der Waals surface area contributed by atoms with Crippen molar-refractivity contribution in [2.45, 2.75) is 18.6 Å². The fourth-order valence-corrected chi connectivity index (χ4v) is 3.22. The first-order chi connectivity index (χ1) is 9.72. The number of rotatable bonds is 4. The van der Waals surface area contributed by atoms with Crippen molar-refractivity contribution in [2.24, 2.45) is 11.8 Å². The molecule has 0 spiro atoms. The van der Waals surface area contributed by atoms with Crippen LogP contribution in [0, 0.1) is 17.7 Å². The van der Waals surface area contributed by atoms with Crippen molar-refractivity contribution < 1.29 is 18.7 Å². The number of amides is 1. The SMILES string of the molecule is COC[C@@H]1[C@@H](NC(=O)c2ccncc2F)[C@@H]2CCO[C@H]12. The number of ether oxygens (including phenoxy) is 2. The molecule has 1 amide bonds. The van der Waals surface area contributed by atoms with Gasteiger partial charge in [-0.2, -0.15) is 0 Å². The topological polar surface area (TPSA) is 60.5 Å². The molecule has 1 saturated heterocycles. The van der Waals surface area contributed by atoms with Crippen molar-refractivity contribution in [3.05, 3.63) is 29.8 Å². The third-order valence-corrected chi connectivity index (χ3v) is 4.20. The molecule has 1 N–H and O–H groups in total. The molecular weight excluding hydrogens is 263 g/mol. The molecule has 3 rings (SSSR count). The van der Waals surface area contributed by atoms with E-state index in [1.807, 2.05) is 0 Å². The van der Waals surface area contributed by atoms with Gasteiger partial charge in [-0.05, 0) is 12.5 Å². The number of carbonyl (C=O) groups is 1. The van der Waals surface area contributed by atoms with E-state index in [0.717, 1.165) is 12.6 Å². The van der Waals surface area contributed by atoms with Gasteiger partial charge in [0.25, 0.3) is 5.91 Å². The number of nitrogens with zero attached hydrogens (tertiary/aromatic N) is 1. The van der Waals surface area contributed by atoms with E-state index in [9.17, 15) is 9.18 Å². The molecule has 20 heavy (non-hydrogen) atoms. The van der Waals surface area contributed by atoms with Crippen LogP contribution in [0.4, 0.5) is 4.39 Å². The Balaban J connectivity index is 1.70. The first-order valence-corrected chi connectivity index (χ1v) is 6.73. The third-order valence-electron chi connectivity index (χ3n) is 4.20. The van der Waals surface area contributed by atoms with Crippen LogP contribution in [0.25, 0.3) is 0 Å². The summed E-state index contributed by atoms with van der Waals surface area (Å²) in [6.07, 6.45) is 3.54. The molecule has 1 aromatic heterocycles. The Kier molecular flexibility index (Phi) is 3.67. The van der Waals surface area contributed by atoms with E-state index >= 15 is 0 Å². The molecule has 108 valence electrons. The minimum atomic E-state index is -0.605. The zero-order valence-electron chi connectivity index (χ0n) is 11.2. The maximum Gasteiger partial charge on any atom is 0.254 e. The Morgan fingerprint density at radius 1 is 1.65 bits per heavy atom. The molecule has 0 bridgehead atoms. The fraction of sp³-hybridized carbons (Fsp3) is 0.571. The summed E-state index contributed by atoms with van der Waals surface area (Å²) < 4.78 is 24.4. The van der Waals surface area contributed by atoms with Crippen molar-refractivity contribution >= 4 is 5.91 Å². The smallest absolute Gasteiger partial charge is 0.254 e. The number of nitrogens with one attached hydrogen (secondary N) is 1. The first-order valence-electron chi connectivity index (χ1n) is 6.73. The molecule has 0 radical (unpaired) electrons. The summed E-state index contributed by atoms with van der Waals surface area (Å²) in [5.41, 5.74) is 0.0264. The van der Waals surface area contributed by atoms with Crippen LogP contribution in [0.2, 0.25) is 0 Å². The van der Waals surface area contributed by atoms with E-state index in [4.69, 9.17) is 9.47 Å². The highest BCUT2D eigenvalue weighted by Crippen LogP contribution is 2.43. The zero-order valence-corrected chi connectivity index (χ0v) is 11.2. The molecule has 6 heteroatoms. The Hall–Kier alpha value is -1.53. The lowest BCUT2D eigenvalue weighted by molar-refractivity contribution is -0.0809. The predicted molar refractivity (Wildman–Crippen MR) is 68.7 cm³/mol. The number of halogens is 1. The van der Waals surface area contributed by atoms with Crippen LogP contribution in [0.5, 0.6) is 0 Å². The lowest BCUT2D eigenvalue weighted by atomic mass is 9.67. The van der Waals surface area contributed by atoms with Gasteiger partial charge in [-0.1, -0.05) is 0 Å². The summed E-state index contributed by atoms with van der Waals surface area (Å²) in [5, 5.41) is 2.91. The summed E-state index contributed by atoms with van der Waals surface area (Å²) in [6, 6.07) is 1.37. The average Bonchev–Trinajstić information content (AvgIpc) is 2.87. The number of aromatic nitrogens is 1. The van der Waals surface area contributed by atoms with Crippen LogP contribution in [0.1, 0.15) is 16.8 Å². The molecule has 5 nitrogen and oxygen atoms in total. The van der Waals surface area contributed by atoms with Crippen LogP contribution >= 0.6 is 0 Å². The van der Waals surface area contributed by atoms with Crippen molar-refractivity contribution in [3.8, 4) is 0 Å². The standard InChI is InChI=1S/C14H17FN2O3/c1-19-7-10-12(9-3-5-20-13(9)10)17-14(18)8-2-4-16-6-11(8)15/h2,4,6,9-10,12-13H,3,5,7H2,1H3,(H,17,18)/t9-,10+,12-,13-/m0/s1. The highest BCUT2D eigenvalue weighted by atomic mass is 19.1. The molecule has 1 aliphatic carbocycles. The van der Waals surface area contributed by atoms with Gasteiger partial charge in [0, 0.05) is 37.8 Å². The number of hydrogen-bond donors (Lipinski definition) is 1. The monoisotopic (exact) mass is 280 g/mol. The van der Waals surface area contributed by atoms with Crippen LogP contribution in [-0.4, -0.2) is 43.4 Å². The Bertz CT molecular complexity index is 511. The second-order valence-electron chi connectivity index (χ2n) is 5.26. The van der Waals surface area contributed by atoms with Gasteiger partial charge in [0.2, 0.25) is 0 Å². The van der Waals surface area contributed by atoms with E-state index in [-0.39, 0.29) is 23.6 Å². The lowest BCUT2D eigenvalue weighted by Gasteiger charge is -2.47. The normalized spacial score (nSPS) is 31.5. The van der Waals surface area contributed by atoms with Crippen molar-refractivity contribution in [3.63, 3.8) is 0 Å². The van der Waals surface area contributed by atoms with Gasteiger partial charge in [0.05, 0.1) is 24.5 Å². The summed E-state index contributed by atoms with van der Waals surface area (Å²) in [7, 11) is 1.63. The van der Waals surface area contributed by atoms with Crippen LogP contribution < -0.4 is 5.32 Å². The van der Waals surface area contributed by atoms with Gasteiger partial charge < -0.3 is 14.8 Å². The van der Waals surface area contributed by atoms with Gasteiger partial charge >= 0.3 is 0 Å². The van der Waals surface area contributed by atoms with Crippen LogP contribution in [0.15, 0.2) is 18.5 Å². The molecule has 2 fully saturated rings. The van der Waals surface area contributed by atoms with E-state index in [1.54, 1.807) is 7.11 Å². The van der Waals surface area contributed by atoms with Crippen molar-refractivity contribution in [2.75, 3.05) is 20.3 Å². The first kappa shape index (κ1) is 13.5. The Labute approximate surface area is 116 Å². The van der Waals surface area contributed by atoms with E-state index in [0.29, 0.717) is 19.1 Å². The average molecular weight is 280 g/mol. The highest BCUT2D eigenvalue weighted by molar-refractivity contribution is 5.94. The molecule has 4 atom stereocenters. The largest absolute Gasteiger partial charge is 0.384 e. The minimum Gasteiger partial charge on any atom is -0.384 e. The number of pyridine rings is 1. The van der Waals surface area contributed by atoms with Crippen LogP contribution in [-0.2, 0) is 9.47 Å². The third kappa shape index (κ3) is 2.19. The summed E-state index contributed by atoms with van der Waals surface area (Å²) in [4.78, 5) is 15.8. The van der Waals surface area contributed by atoms with Gasteiger partial charge in [0.1, 0.15) is 0 Å². The number of fused-ring (bicyclic) bond motifs is 1. The number of hydrogen-bond acceptors (Lipinski definition) is 4. The highest BCUT2D eigenvalue weighted by Gasteiger charge is 2.54. The zero-order chi connectivity index (χ0) is 14.1.